The van der Waals surface area contributed by atoms with Crippen LogP contribution in [0.1, 0.15) is 26.3 Å². The summed E-state index contributed by atoms with van der Waals surface area (Å²) in [5.41, 5.74) is 1.52. The number of halogens is 1. The summed E-state index contributed by atoms with van der Waals surface area (Å²) >= 11 is 3.49. The highest BCUT2D eigenvalue weighted by molar-refractivity contribution is 9.10. The first kappa shape index (κ1) is 10.6. The zero-order valence-electron chi connectivity index (χ0n) is 9.21. The van der Waals surface area contributed by atoms with E-state index in [1.807, 2.05) is 12.3 Å². The van der Waals surface area contributed by atoms with Gasteiger partial charge in [-0.05, 0) is 44.4 Å². The van der Waals surface area contributed by atoms with Crippen LogP contribution in [0.2, 0.25) is 0 Å². The Balaban J connectivity index is 2.70. The predicted molar refractivity (Wildman–Crippen MR) is 68.1 cm³/mol. The second-order valence-electron chi connectivity index (χ2n) is 4.79. The maximum absolute atomic E-state index is 4.25. The fraction of sp³-hybridized carbons (Fsp3) is 0.308. The van der Waals surface area contributed by atoms with Gasteiger partial charge in [-0.15, -0.1) is 0 Å². The summed E-state index contributed by atoms with van der Waals surface area (Å²) in [5.74, 6) is 0. The molecule has 0 aliphatic rings. The molecule has 0 unspecified atom stereocenters. The van der Waals surface area contributed by atoms with E-state index in [-0.39, 0.29) is 5.41 Å². The average Bonchev–Trinajstić information content (AvgIpc) is 2.16. The Morgan fingerprint density at radius 3 is 2.53 bits per heavy atom. The molecule has 0 amide bonds. The average molecular weight is 264 g/mol. The smallest absolute Gasteiger partial charge is 0.113 e. The summed E-state index contributed by atoms with van der Waals surface area (Å²) in [6.45, 7) is 6.66. The van der Waals surface area contributed by atoms with Crippen LogP contribution in [0.3, 0.4) is 0 Å². The third kappa shape index (κ3) is 2.05. The molecule has 2 aromatic rings. The van der Waals surface area contributed by atoms with Crippen molar-refractivity contribution in [1.82, 2.24) is 4.98 Å². The second kappa shape index (κ2) is 3.60. The van der Waals surface area contributed by atoms with E-state index >= 15 is 0 Å². The van der Waals surface area contributed by atoms with Crippen LogP contribution in [0.4, 0.5) is 0 Å². The molecular formula is C13H14BrN. The summed E-state index contributed by atoms with van der Waals surface area (Å²) in [6.07, 6.45) is 1.82. The van der Waals surface area contributed by atoms with Crippen molar-refractivity contribution in [2.75, 3.05) is 0 Å². The van der Waals surface area contributed by atoms with E-state index in [2.05, 4.69) is 59.9 Å². The quantitative estimate of drug-likeness (QED) is 0.646. The number of benzene rings is 1. The van der Waals surface area contributed by atoms with Gasteiger partial charge in [-0.2, -0.15) is 0 Å². The lowest BCUT2D eigenvalue weighted by Gasteiger charge is -2.19. The van der Waals surface area contributed by atoms with Crippen LogP contribution >= 0.6 is 15.9 Å². The summed E-state index contributed by atoms with van der Waals surface area (Å²) in [5, 5.41) is 2.41. The zero-order valence-corrected chi connectivity index (χ0v) is 10.8. The molecule has 1 aromatic heterocycles. The molecule has 0 spiro atoms. The maximum atomic E-state index is 4.25. The lowest BCUT2D eigenvalue weighted by atomic mass is 9.86. The van der Waals surface area contributed by atoms with Crippen molar-refractivity contribution in [2.45, 2.75) is 26.2 Å². The van der Waals surface area contributed by atoms with Crippen LogP contribution in [0, 0.1) is 0 Å². The molecule has 0 saturated carbocycles. The van der Waals surface area contributed by atoms with Crippen LogP contribution in [-0.4, -0.2) is 4.98 Å². The molecular weight excluding hydrogens is 250 g/mol. The molecule has 0 saturated heterocycles. The van der Waals surface area contributed by atoms with E-state index in [9.17, 15) is 0 Å². The monoisotopic (exact) mass is 263 g/mol. The highest BCUT2D eigenvalue weighted by Crippen LogP contribution is 2.28. The molecule has 78 valence electrons. The minimum atomic E-state index is 0.184. The lowest BCUT2D eigenvalue weighted by Crippen LogP contribution is -2.10. The van der Waals surface area contributed by atoms with Crippen LogP contribution in [0.15, 0.2) is 35.1 Å². The normalized spacial score (nSPS) is 12.0. The van der Waals surface area contributed by atoms with Gasteiger partial charge in [0, 0.05) is 11.6 Å². The van der Waals surface area contributed by atoms with Gasteiger partial charge in [-0.25, -0.2) is 4.98 Å². The fourth-order valence-corrected chi connectivity index (χ4v) is 2.06. The molecule has 1 heterocycles. The van der Waals surface area contributed by atoms with E-state index in [1.165, 1.54) is 16.3 Å². The molecule has 0 bridgehead atoms. The van der Waals surface area contributed by atoms with Crippen molar-refractivity contribution in [1.29, 1.82) is 0 Å². The first-order chi connectivity index (χ1) is 6.98. The molecule has 0 aliphatic heterocycles. The number of nitrogens with zero attached hydrogens (tertiary/aromatic N) is 1. The third-order valence-electron chi connectivity index (χ3n) is 2.58. The zero-order chi connectivity index (χ0) is 11.1. The van der Waals surface area contributed by atoms with Gasteiger partial charge in [0.15, 0.2) is 0 Å². The molecule has 15 heavy (non-hydrogen) atoms. The van der Waals surface area contributed by atoms with E-state index in [0.29, 0.717) is 0 Å². The summed E-state index contributed by atoms with van der Waals surface area (Å²) < 4.78 is 0.922. The SMILES string of the molecule is CC(C)(C)c1ccc2ccnc(Br)c2c1. The van der Waals surface area contributed by atoms with E-state index < -0.39 is 0 Å². The Morgan fingerprint density at radius 1 is 1.13 bits per heavy atom. The van der Waals surface area contributed by atoms with Crippen LogP contribution in [0.5, 0.6) is 0 Å². The Morgan fingerprint density at radius 2 is 1.87 bits per heavy atom. The number of hydrogen-bond acceptors (Lipinski definition) is 1. The largest absolute Gasteiger partial charge is 0.249 e. The summed E-state index contributed by atoms with van der Waals surface area (Å²) in [6, 6.07) is 8.59. The highest BCUT2D eigenvalue weighted by atomic mass is 79.9. The Bertz CT molecular complexity index is 497. The van der Waals surface area contributed by atoms with E-state index in [4.69, 9.17) is 0 Å². The first-order valence-electron chi connectivity index (χ1n) is 5.03. The number of aromatic nitrogens is 1. The number of hydrogen-bond donors (Lipinski definition) is 0. The van der Waals surface area contributed by atoms with Crippen molar-refractivity contribution in [3.8, 4) is 0 Å². The van der Waals surface area contributed by atoms with E-state index in [1.54, 1.807) is 0 Å². The molecule has 1 nitrogen and oxygen atoms in total. The van der Waals surface area contributed by atoms with Crippen LogP contribution in [0.25, 0.3) is 10.8 Å². The lowest BCUT2D eigenvalue weighted by molar-refractivity contribution is 0.591. The van der Waals surface area contributed by atoms with Crippen molar-refractivity contribution in [3.63, 3.8) is 0 Å². The van der Waals surface area contributed by atoms with Crippen molar-refractivity contribution in [2.24, 2.45) is 0 Å². The number of rotatable bonds is 0. The van der Waals surface area contributed by atoms with Crippen molar-refractivity contribution < 1.29 is 0 Å². The Kier molecular flexibility index (Phi) is 2.55. The van der Waals surface area contributed by atoms with Gasteiger partial charge >= 0.3 is 0 Å². The molecule has 2 heteroatoms. The van der Waals surface area contributed by atoms with Crippen molar-refractivity contribution in [3.05, 3.63) is 40.6 Å². The molecule has 0 aliphatic carbocycles. The second-order valence-corrected chi connectivity index (χ2v) is 5.54. The standard InChI is InChI=1S/C13H14BrN/c1-13(2,3)10-5-4-9-6-7-15-12(14)11(9)8-10/h4-8H,1-3H3. The van der Waals surface area contributed by atoms with Gasteiger partial charge in [0.05, 0.1) is 0 Å². The number of pyridine rings is 1. The minimum absolute atomic E-state index is 0.184. The molecule has 0 fully saturated rings. The Hall–Kier alpha value is -0.890. The van der Waals surface area contributed by atoms with E-state index in [0.717, 1.165) is 4.60 Å². The van der Waals surface area contributed by atoms with Gasteiger partial charge in [0.2, 0.25) is 0 Å². The van der Waals surface area contributed by atoms with Gasteiger partial charge in [-0.3, -0.25) is 0 Å². The van der Waals surface area contributed by atoms with Crippen LogP contribution in [-0.2, 0) is 5.41 Å². The summed E-state index contributed by atoms with van der Waals surface area (Å²) in [7, 11) is 0. The molecule has 1 aromatic carbocycles. The predicted octanol–water partition coefficient (Wildman–Crippen LogP) is 4.29. The van der Waals surface area contributed by atoms with Gasteiger partial charge in [0.25, 0.3) is 0 Å². The molecule has 2 rings (SSSR count). The van der Waals surface area contributed by atoms with Crippen LogP contribution < -0.4 is 0 Å². The molecule has 0 radical (unpaired) electrons. The Labute approximate surface area is 98.7 Å². The molecule has 0 atom stereocenters. The molecule has 0 N–H and O–H groups in total. The van der Waals surface area contributed by atoms with Crippen molar-refractivity contribution >= 4 is 26.7 Å². The maximum Gasteiger partial charge on any atom is 0.113 e. The highest BCUT2D eigenvalue weighted by Gasteiger charge is 2.14. The topological polar surface area (TPSA) is 12.9 Å². The number of fused-ring (bicyclic) bond motifs is 1. The minimum Gasteiger partial charge on any atom is -0.249 e. The van der Waals surface area contributed by atoms with Gasteiger partial charge < -0.3 is 0 Å². The fourth-order valence-electron chi connectivity index (χ4n) is 1.60. The van der Waals surface area contributed by atoms with Gasteiger partial charge in [0.1, 0.15) is 4.60 Å². The summed E-state index contributed by atoms with van der Waals surface area (Å²) in [4.78, 5) is 4.25. The van der Waals surface area contributed by atoms with Gasteiger partial charge in [-0.1, -0.05) is 32.9 Å². The third-order valence-corrected chi connectivity index (χ3v) is 3.22. The first-order valence-corrected chi connectivity index (χ1v) is 5.82.